The van der Waals surface area contributed by atoms with Crippen LogP contribution < -0.4 is 9.47 Å². The Kier molecular flexibility index (Phi) is 4.91. The minimum atomic E-state index is -0.182. The predicted molar refractivity (Wildman–Crippen MR) is 96.7 cm³/mol. The van der Waals surface area contributed by atoms with Gasteiger partial charge in [-0.15, -0.1) is 0 Å². The molecule has 0 amide bonds. The number of fused-ring (bicyclic) bond motifs is 3. The van der Waals surface area contributed by atoms with Gasteiger partial charge in [0.25, 0.3) is 0 Å². The normalized spacial score (nSPS) is 31.5. The molecule has 3 heteroatoms. The molecule has 0 radical (unpaired) electrons. The second kappa shape index (κ2) is 6.79. The summed E-state index contributed by atoms with van der Waals surface area (Å²) in [5, 5.41) is 0. The van der Waals surface area contributed by atoms with Gasteiger partial charge in [-0.3, -0.25) is 0 Å². The maximum atomic E-state index is 6.54. The second-order valence-electron chi connectivity index (χ2n) is 7.69. The lowest BCUT2D eigenvalue weighted by Gasteiger charge is -2.50. The Bertz CT molecular complexity index is 618. The van der Waals surface area contributed by atoms with Gasteiger partial charge in [0.2, 0.25) is 0 Å². The van der Waals surface area contributed by atoms with Gasteiger partial charge < -0.3 is 14.2 Å². The summed E-state index contributed by atoms with van der Waals surface area (Å²) in [7, 11) is 1.71. The van der Waals surface area contributed by atoms with E-state index in [4.69, 9.17) is 14.2 Å². The van der Waals surface area contributed by atoms with E-state index >= 15 is 0 Å². The summed E-state index contributed by atoms with van der Waals surface area (Å²) in [5.74, 6) is 2.20. The third-order valence-electron chi connectivity index (χ3n) is 5.47. The van der Waals surface area contributed by atoms with E-state index in [-0.39, 0.29) is 11.7 Å². The van der Waals surface area contributed by atoms with Crippen LogP contribution in [0.25, 0.3) is 0 Å². The molecule has 4 atom stereocenters. The monoisotopic (exact) mass is 330 g/mol. The summed E-state index contributed by atoms with van der Waals surface area (Å²) in [5.41, 5.74) is 2.33. The highest BCUT2D eigenvalue weighted by atomic mass is 16.5. The molecule has 1 saturated heterocycles. The third-order valence-corrected chi connectivity index (χ3v) is 5.47. The standard InChI is InChI=1S/C21H30O3/c1-14(2)7-6-12-21(4)18-10-8-15(3)23-20(18)17-13-16(22-5)9-11-19(17)24-21/h7,9,11,13,15,18,20H,6,8,10,12H2,1-5H3/t15-,18-,20+,21+/m1/s1. The number of hydrogen-bond donors (Lipinski definition) is 0. The second-order valence-corrected chi connectivity index (χ2v) is 7.69. The van der Waals surface area contributed by atoms with Gasteiger partial charge in [-0.1, -0.05) is 11.6 Å². The molecule has 3 rings (SSSR count). The first kappa shape index (κ1) is 17.3. The van der Waals surface area contributed by atoms with Gasteiger partial charge in [-0.25, -0.2) is 0 Å². The molecule has 0 aliphatic carbocycles. The fourth-order valence-corrected chi connectivity index (χ4v) is 4.07. The van der Waals surface area contributed by atoms with Crippen LogP contribution in [-0.4, -0.2) is 18.8 Å². The minimum absolute atomic E-state index is 0.101. The summed E-state index contributed by atoms with van der Waals surface area (Å²) < 4.78 is 18.3. The molecule has 24 heavy (non-hydrogen) atoms. The molecule has 1 aromatic carbocycles. The summed E-state index contributed by atoms with van der Waals surface area (Å²) in [6.07, 6.45) is 7.01. The van der Waals surface area contributed by atoms with Crippen molar-refractivity contribution in [1.29, 1.82) is 0 Å². The number of benzene rings is 1. The zero-order valence-electron chi connectivity index (χ0n) is 15.6. The molecule has 2 aliphatic heterocycles. The van der Waals surface area contributed by atoms with Crippen molar-refractivity contribution in [1.82, 2.24) is 0 Å². The van der Waals surface area contributed by atoms with Crippen molar-refractivity contribution >= 4 is 0 Å². The van der Waals surface area contributed by atoms with Crippen LogP contribution in [0.4, 0.5) is 0 Å². The SMILES string of the molecule is COc1ccc2c(c1)[C@@H]1O[C@H](C)CC[C@H]1[C@](C)(CCC=C(C)C)O2. The molecule has 0 bridgehead atoms. The molecule has 3 nitrogen and oxygen atoms in total. The van der Waals surface area contributed by atoms with E-state index in [1.165, 1.54) is 5.57 Å². The average Bonchev–Trinajstić information content (AvgIpc) is 2.54. The Labute approximate surface area is 146 Å². The van der Waals surface area contributed by atoms with Crippen LogP contribution in [-0.2, 0) is 4.74 Å². The van der Waals surface area contributed by atoms with Crippen LogP contribution in [0.3, 0.4) is 0 Å². The Morgan fingerprint density at radius 2 is 2.12 bits per heavy atom. The number of rotatable bonds is 4. The summed E-state index contributed by atoms with van der Waals surface area (Å²) in [6, 6.07) is 6.09. The molecule has 0 saturated carbocycles. The van der Waals surface area contributed by atoms with E-state index in [9.17, 15) is 0 Å². The number of methoxy groups -OCH3 is 1. The molecule has 2 heterocycles. The Morgan fingerprint density at radius 1 is 1.33 bits per heavy atom. The van der Waals surface area contributed by atoms with E-state index in [0.717, 1.165) is 42.7 Å². The number of allylic oxidation sites excluding steroid dienone is 2. The topological polar surface area (TPSA) is 27.7 Å². The largest absolute Gasteiger partial charge is 0.497 e. The van der Waals surface area contributed by atoms with E-state index in [1.807, 2.05) is 12.1 Å². The first-order valence-electron chi connectivity index (χ1n) is 9.09. The van der Waals surface area contributed by atoms with E-state index in [0.29, 0.717) is 12.0 Å². The molecular formula is C21H30O3. The van der Waals surface area contributed by atoms with Crippen LogP contribution in [0.5, 0.6) is 11.5 Å². The fraction of sp³-hybridized carbons (Fsp3) is 0.619. The smallest absolute Gasteiger partial charge is 0.126 e. The van der Waals surface area contributed by atoms with Crippen molar-refractivity contribution in [2.75, 3.05) is 7.11 Å². The van der Waals surface area contributed by atoms with E-state index in [1.54, 1.807) is 7.11 Å². The van der Waals surface area contributed by atoms with E-state index in [2.05, 4.69) is 39.8 Å². The highest BCUT2D eigenvalue weighted by Crippen LogP contribution is 2.52. The van der Waals surface area contributed by atoms with Crippen LogP contribution in [0.15, 0.2) is 29.8 Å². The number of ether oxygens (including phenoxy) is 3. The molecular weight excluding hydrogens is 300 g/mol. The zero-order chi connectivity index (χ0) is 17.3. The maximum Gasteiger partial charge on any atom is 0.126 e. The highest BCUT2D eigenvalue weighted by Gasteiger charge is 2.49. The first-order chi connectivity index (χ1) is 11.4. The lowest BCUT2D eigenvalue weighted by atomic mass is 9.72. The molecule has 1 fully saturated rings. The van der Waals surface area contributed by atoms with Crippen molar-refractivity contribution < 1.29 is 14.2 Å². The summed E-state index contributed by atoms with van der Waals surface area (Å²) >= 11 is 0. The van der Waals surface area contributed by atoms with Gasteiger partial charge in [0.05, 0.1) is 19.3 Å². The van der Waals surface area contributed by atoms with E-state index < -0.39 is 0 Å². The Morgan fingerprint density at radius 3 is 2.83 bits per heavy atom. The molecule has 1 aromatic rings. The first-order valence-corrected chi connectivity index (χ1v) is 9.09. The molecule has 0 N–H and O–H groups in total. The van der Waals surface area contributed by atoms with Crippen molar-refractivity contribution in [3.8, 4) is 11.5 Å². The van der Waals surface area contributed by atoms with Gasteiger partial charge >= 0.3 is 0 Å². The molecule has 0 spiro atoms. The maximum absolute atomic E-state index is 6.54. The van der Waals surface area contributed by atoms with Crippen LogP contribution in [0.1, 0.15) is 65.0 Å². The molecule has 0 unspecified atom stereocenters. The lowest BCUT2D eigenvalue weighted by molar-refractivity contribution is -0.152. The van der Waals surface area contributed by atoms with Crippen molar-refractivity contribution in [3.05, 3.63) is 35.4 Å². The van der Waals surface area contributed by atoms with Crippen molar-refractivity contribution in [3.63, 3.8) is 0 Å². The fourth-order valence-electron chi connectivity index (χ4n) is 4.07. The van der Waals surface area contributed by atoms with Crippen molar-refractivity contribution in [2.45, 2.75) is 71.2 Å². The van der Waals surface area contributed by atoms with Gasteiger partial charge in [-0.05, 0) is 71.6 Å². The van der Waals surface area contributed by atoms with Gasteiger partial charge in [-0.2, -0.15) is 0 Å². The van der Waals surface area contributed by atoms with Crippen LogP contribution in [0, 0.1) is 5.92 Å². The van der Waals surface area contributed by atoms with Crippen LogP contribution >= 0.6 is 0 Å². The van der Waals surface area contributed by atoms with Crippen molar-refractivity contribution in [2.24, 2.45) is 5.92 Å². The van der Waals surface area contributed by atoms with Gasteiger partial charge in [0, 0.05) is 11.5 Å². The minimum Gasteiger partial charge on any atom is -0.497 e. The molecule has 0 aromatic heterocycles. The summed E-state index contributed by atoms with van der Waals surface area (Å²) in [6.45, 7) is 8.74. The van der Waals surface area contributed by atoms with Gasteiger partial charge in [0.15, 0.2) is 0 Å². The Hall–Kier alpha value is -1.48. The Balaban J connectivity index is 1.94. The molecule has 132 valence electrons. The quantitative estimate of drug-likeness (QED) is 0.687. The highest BCUT2D eigenvalue weighted by molar-refractivity contribution is 5.44. The molecule has 2 aliphatic rings. The van der Waals surface area contributed by atoms with Crippen LogP contribution in [0.2, 0.25) is 0 Å². The van der Waals surface area contributed by atoms with Gasteiger partial charge in [0.1, 0.15) is 17.1 Å². The predicted octanol–water partition coefficient (Wildman–Crippen LogP) is 5.45. The number of hydrogen-bond acceptors (Lipinski definition) is 3. The zero-order valence-corrected chi connectivity index (χ0v) is 15.6. The lowest BCUT2D eigenvalue weighted by Crippen LogP contribution is -2.50. The average molecular weight is 330 g/mol. The third kappa shape index (κ3) is 3.32. The summed E-state index contributed by atoms with van der Waals surface area (Å²) in [4.78, 5) is 0.